The number of nitrogens with zero attached hydrogens (tertiary/aromatic N) is 2. The lowest BCUT2D eigenvalue weighted by Crippen LogP contribution is -2.32. The first kappa shape index (κ1) is 11.6. The summed E-state index contributed by atoms with van der Waals surface area (Å²) >= 11 is 0. The number of hydrogen-bond donors (Lipinski definition) is 1. The zero-order chi connectivity index (χ0) is 12.4. The fraction of sp³-hybridized carbons (Fsp3) is 0.545. The van der Waals surface area contributed by atoms with Crippen molar-refractivity contribution in [1.82, 2.24) is 10.1 Å². The zero-order valence-corrected chi connectivity index (χ0v) is 9.60. The number of aromatic nitrogens is 1. The van der Waals surface area contributed by atoms with Crippen molar-refractivity contribution in [3.8, 4) is 0 Å². The van der Waals surface area contributed by atoms with Gasteiger partial charge in [-0.2, -0.15) is 0 Å². The monoisotopic (exact) mass is 238 g/mol. The Kier molecular flexibility index (Phi) is 3.12. The minimum atomic E-state index is -1.04. The number of aryl methyl sites for hydroxylation is 1. The number of hydrogen-bond acceptors (Lipinski definition) is 4. The molecule has 1 heterocycles. The van der Waals surface area contributed by atoms with Crippen LogP contribution in [0.4, 0.5) is 0 Å². The van der Waals surface area contributed by atoms with Crippen LogP contribution >= 0.6 is 0 Å². The van der Waals surface area contributed by atoms with Crippen molar-refractivity contribution in [3.63, 3.8) is 0 Å². The largest absolute Gasteiger partial charge is 0.480 e. The van der Waals surface area contributed by atoms with Gasteiger partial charge in [0.15, 0.2) is 5.69 Å². The van der Waals surface area contributed by atoms with E-state index in [-0.39, 0.29) is 18.1 Å². The molecule has 0 aliphatic heterocycles. The van der Waals surface area contributed by atoms with Gasteiger partial charge >= 0.3 is 5.97 Å². The number of carbonyl (C=O) groups is 2. The maximum Gasteiger partial charge on any atom is 0.323 e. The molecule has 0 atom stereocenters. The van der Waals surface area contributed by atoms with Gasteiger partial charge in [-0.05, 0) is 19.3 Å². The Labute approximate surface area is 98.2 Å². The van der Waals surface area contributed by atoms with Crippen LogP contribution in [0.3, 0.4) is 0 Å². The number of likely N-dealkylation sites (N-methyl/N-ethyl adjacent to an activating group) is 1. The highest BCUT2D eigenvalue weighted by molar-refractivity contribution is 5.95. The summed E-state index contributed by atoms with van der Waals surface area (Å²) in [7, 11) is 1.44. The summed E-state index contributed by atoms with van der Waals surface area (Å²) in [4.78, 5) is 23.6. The third-order valence-corrected chi connectivity index (χ3v) is 2.87. The van der Waals surface area contributed by atoms with Crippen molar-refractivity contribution in [3.05, 3.63) is 17.0 Å². The Morgan fingerprint density at radius 2 is 2.12 bits per heavy atom. The third kappa shape index (κ3) is 2.30. The average molecular weight is 238 g/mol. The van der Waals surface area contributed by atoms with Crippen molar-refractivity contribution >= 4 is 11.9 Å². The van der Waals surface area contributed by atoms with E-state index >= 15 is 0 Å². The molecule has 1 aromatic rings. The molecule has 0 unspecified atom stereocenters. The van der Waals surface area contributed by atoms with Gasteiger partial charge < -0.3 is 14.5 Å². The second kappa shape index (κ2) is 4.57. The molecule has 0 bridgehead atoms. The molecule has 1 amide bonds. The van der Waals surface area contributed by atoms with Crippen LogP contribution in [-0.4, -0.2) is 40.6 Å². The highest BCUT2D eigenvalue weighted by atomic mass is 16.5. The molecular weight excluding hydrogens is 224 g/mol. The molecule has 2 rings (SSSR count). The molecule has 0 saturated carbocycles. The predicted molar refractivity (Wildman–Crippen MR) is 57.7 cm³/mol. The fourth-order valence-electron chi connectivity index (χ4n) is 2.01. The van der Waals surface area contributed by atoms with E-state index in [1.807, 2.05) is 0 Å². The normalized spacial score (nSPS) is 14.2. The number of carbonyl (C=O) groups excluding carboxylic acids is 1. The maximum absolute atomic E-state index is 12.0. The number of carboxylic acid groups (broad SMARTS) is 1. The highest BCUT2D eigenvalue weighted by Gasteiger charge is 2.26. The summed E-state index contributed by atoms with van der Waals surface area (Å²) in [5, 5.41) is 12.4. The summed E-state index contributed by atoms with van der Waals surface area (Å²) in [6.07, 6.45) is 3.64. The summed E-state index contributed by atoms with van der Waals surface area (Å²) in [5.41, 5.74) is 1.11. The van der Waals surface area contributed by atoms with Crippen LogP contribution in [0.2, 0.25) is 0 Å². The summed E-state index contributed by atoms with van der Waals surface area (Å²) < 4.78 is 5.12. The Bertz CT molecular complexity index is 452. The van der Waals surface area contributed by atoms with Crippen LogP contribution in [0.25, 0.3) is 0 Å². The van der Waals surface area contributed by atoms with E-state index in [1.165, 1.54) is 7.05 Å². The molecule has 0 spiro atoms. The summed E-state index contributed by atoms with van der Waals surface area (Å²) in [6, 6.07) is 0. The minimum absolute atomic E-state index is 0.267. The molecule has 6 nitrogen and oxygen atoms in total. The molecule has 1 aliphatic rings. The van der Waals surface area contributed by atoms with Gasteiger partial charge in [0.2, 0.25) is 0 Å². The SMILES string of the molecule is CN(CC(=O)O)C(=O)c1noc2c1CCCC2. The van der Waals surface area contributed by atoms with Crippen LogP contribution in [0.1, 0.15) is 34.7 Å². The van der Waals surface area contributed by atoms with Gasteiger partial charge in [0, 0.05) is 19.0 Å². The van der Waals surface area contributed by atoms with Crippen LogP contribution in [-0.2, 0) is 17.6 Å². The standard InChI is InChI=1S/C11H14N2O4/c1-13(6-9(14)15)11(16)10-7-4-2-3-5-8(7)17-12-10/h2-6H2,1H3,(H,14,15). The van der Waals surface area contributed by atoms with Gasteiger partial charge in [-0.3, -0.25) is 9.59 Å². The lowest BCUT2D eigenvalue weighted by Gasteiger charge is -2.14. The van der Waals surface area contributed by atoms with Crippen molar-refractivity contribution < 1.29 is 19.2 Å². The number of aliphatic carboxylic acids is 1. The van der Waals surface area contributed by atoms with Gasteiger partial charge in [-0.25, -0.2) is 0 Å². The second-order valence-corrected chi connectivity index (χ2v) is 4.19. The van der Waals surface area contributed by atoms with E-state index < -0.39 is 5.97 Å². The molecule has 92 valence electrons. The molecule has 1 aliphatic carbocycles. The van der Waals surface area contributed by atoms with Crippen molar-refractivity contribution in [2.75, 3.05) is 13.6 Å². The van der Waals surface area contributed by atoms with Gasteiger partial charge in [0.25, 0.3) is 5.91 Å². The Hall–Kier alpha value is -1.85. The Balaban J connectivity index is 2.19. The molecule has 0 aromatic carbocycles. The van der Waals surface area contributed by atoms with Crippen molar-refractivity contribution in [1.29, 1.82) is 0 Å². The number of carboxylic acids is 1. The zero-order valence-electron chi connectivity index (χ0n) is 9.60. The van der Waals surface area contributed by atoms with Crippen molar-refractivity contribution in [2.45, 2.75) is 25.7 Å². The van der Waals surface area contributed by atoms with Crippen LogP contribution in [0.5, 0.6) is 0 Å². The van der Waals surface area contributed by atoms with Crippen molar-refractivity contribution in [2.24, 2.45) is 0 Å². The molecule has 0 radical (unpaired) electrons. The van der Waals surface area contributed by atoms with E-state index in [0.717, 1.165) is 41.9 Å². The number of amides is 1. The first-order valence-electron chi connectivity index (χ1n) is 5.54. The summed E-state index contributed by atoms with van der Waals surface area (Å²) in [5.74, 6) is -0.666. The van der Waals surface area contributed by atoms with E-state index in [9.17, 15) is 9.59 Å². The van der Waals surface area contributed by atoms with E-state index in [0.29, 0.717) is 0 Å². The van der Waals surface area contributed by atoms with E-state index in [4.69, 9.17) is 9.63 Å². The molecule has 1 N–H and O–H groups in total. The molecule has 1 aromatic heterocycles. The predicted octanol–water partition coefficient (Wildman–Crippen LogP) is 0.710. The van der Waals surface area contributed by atoms with Crippen LogP contribution in [0.15, 0.2) is 4.52 Å². The smallest absolute Gasteiger partial charge is 0.323 e. The quantitative estimate of drug-likeness (QED) is 0.838. The fourth-order valence-corrected chi connectivity index (χ4v) is 2.01. The lowest BCUT2D eigenvalue weighted by atomic mass is 9.96. The topological polar surface area (TPSA) is 83.6 Å². The van der Waals surface area contributed by atoms with Crippen LogP contribution in [0, 0.1) is 0 Å². The first-order valence-corrected chi connectivity index (χ1v) is 5.54. The van der Waals surface area contributed by atoms with Gasteiger partial charge in [0.1, 0.15) is 12.3 Å². The van der Waals surface area contributed by atoms with E-state index in [2.05, 4.69) is 5.16 Å². The molecule has 17 heavy (non-hydrogen) atoms. The Morgan fingerprint density at radius 3 is 2.82 bits per heavy atom. The lowest BCUT2D eigenvalue weighted by molar-refractivity contribution is -0.137. The Morgan fingerprint density at radius 1 is 1.41 bits per heavy atom. The first-order chi connectivity index (χ1) is 8.09. The average Bonchev–Trinajstić information content (AvgIpc) is 2.70. The summed E-state index contributed by atoms with van der Waals surface area (Å²) in [6.45, 7) is -0.333. The third-order valence-electron chi connectivity index (χ3n) is 2.87. The molecule has 0 saturated heterocycles. The maximum atomic E-state index is 12.0. The van der Waals surface area contributed by atoms with Gasteiger partial charge in [0.05, 0.1) is 0 Å². The molecule has 0 fully saturated rings. The number of fused-ring (bicyclic) bond motifs is 1. The molecular formula is C11H14N2O4. The number of rotatable bonds is 3. The van der Waals surface area contributed by atoms with Gasteiger partial charge in [-0.15, -0.1) is 0 Å². The van der Waals surface area contributed by atoms with Gasteiger partial charge in [-0.1, -0.05) is 5.16 Å². The minimum Gasteiger partial charge on any atom is -0.480 e. The van der Waals surface area contributed by atoms with Crippen LogP contribution < -0.4 is 0 Å². The second-order valence-electron chi connectivity index (χ2n) is 4.19. The highest BCUT2D eigenvalue weighted by Crippen LogP contribution is 2.24. The molecule has 6 heteroatoms. The van der Waals surface area contributed by atoms with E-state index in [1.54, 1.807) is 0 Å².